The highest BCUT2D eigenvalue weighted by molar-refractivity contribution is 5.20. The molecule has 11 heavy (non-hydrogen) atoms. The van der Waals surface area contributed by atoms with Crippen molar-refractivity contribution < 1.29 is 0 Å². The molecule has 0 aromatic carbocycles. The summed E-state index contributed by atoms with van der Waals surface area (Å²) in [5, 5.41) is 0. The Bertz CT molecular complexity index is 255. The van der Waals surface area contributed by atoms with E-state index in [-0.39, 0.29) is 0 Å². The van der Waals surface area contributed by atoms with E-state index in [2.05, 4.69) is 9.97 Å². The predicted molar refractivity (Wildman–Crippen MR) is 43.0 cm³/mol. The van der Waals surface area contributed by atoms with Crippen LogP contribution in [0.5, 0.6) is 0 Å². The van der Waals surface area contributed by atoms with Crippen molar-refractivity contribution in [2.24, 2.45) is 0 Å². The van der Waals surface area contributed by atoms with Crippen molar-refractivity contribution in [2.45, 2.75) is 25.2 Å². The molecule has 1 aromatic heterocycles. The first-order valence-electron chi connectivity index (χ1n) is 3.94. The van der Waals surface area contributed by atoms with Gasteiger partial charge in [-0.15, -0.1) is 0 Å². The molecule has 1 aromatic rings. The van der Waals surface area contributed by atoms with Gasteiger partial charge in [-0.3, -0.25) is 0 Å². The van der Waals surface area contributed by atoms with Gasteiger partial charge in [0.05, 0.1) is 0 Å². The monoisotopic (exact) mass is 149 g/mol. The van der Waals surface area contributed by atoms with Gasteiger partial charge < -0.3 is 5.73 Å². The first kappa shape index (κ1) is 6.58. The van der Waals surface area contributed by atoms with E-state index in [1.54, 1.807) is 6.20 Å². The molecule has 3 heteroatoms. The zero-order valence-corrected chi connectivity index (χ0v) is 6.33. The van der Waals surface area contributed by atoms with E-state index in [4.69, 9.17) is 5.73 Å². The minimum absolute atomic E-state index is 0.398. The zero-order chi connectivity index (χ0) is 7.68. The lowest BCUT2D eigenvalue weighted by molar-refractivity contribution is 0.411. The maximum absolute atomic E-state index is 5.45. The average molecular weight is 149 g/mol. The molecule has 0 atom stereocenters. The molecule has 0 bridgehead atoms. The Hall–Kier alpha value is -1.12. The summed E-state index contributed by atoms with van der Waals surface area (Å²) in [5.41, 5.74) is 6.57. The number of anilines is 1. The van der Waals surface area contributed by atoms with Crippen molar-refractivity contribution in [1.29, 1.82) is 0 Å². The van der Waals surface area contributed by atoms with Crippen molar-refractivity contribution in [2.75, 3.05) is 5.73 Å². The summed E-state index contributed by atoms with van der Waals surface area (Å²) in [5.74, 6) is 1.05. The molecule has 1 heterocycles. The smallest absolute Gasteiger partial charge is 0.220 e. The molecule has 0 unspecified atom stereocenters. The third kappa shape index (κ3) is 1.18. The van der Waals surface area contributed by atoms with Gasteiger partial charge in [0.15, 0.2) is 0 Å². The lowest BCUT2D eigenvalue weighted by atomic mass is 9.83. The lowest BCUT2D eigenvalue weighted by Crippen LogP contribution is -2.11. The van der Waals surface area contributed by atoms with Crippen LogP contribution in [0.15, 0.2) is 12.3 Å². The molecule has 0 aliphatic heterocycles. The van der Waals surface area contributed by atoms with Gasteiger partial charge >= 0.3 is 0 Å². The second-order valence-corrected chi connectivity index (χ2v) is 2.97. The number of nitrogens with two attached hydrogens (primary N) is 1. The number of aromatic nitrogens is 2. The molecule has 1 fully saturated rings. The molecule has 0 amide bonds. The summed E-state index contributed by atoms with van der Waals surface area (Å²) in [7, 11) is 0. The Morgan fingerprint density at radius 3 is 2.82 bits per heavy atom. The van der Waals surface area contributed by atoms with Crippen LogP contribution in [0.1, 0.15) is 30.9 Å². The molecule has 0 radical (unpaired) electrons. The van der Waals surface area contributed by atoms with Crippen LogP contribution in [0.25, 0.3) is 0 Å². The highest BCUT2D eigenvalue weighted by atomic mass is 15.0. The molecule has 0 spiro atoms. The fraction of sp³-hybridized carbons (Fsp3) is 0.500. The number of hydrogen-bond acceptors (Lipinski definition) is 3. The number of nitrogens with zero attached hydrogens (tertiary/aromatic N) is 2. The SMILES string of the molecule is Nc1nccc(C2CCC2)n1. The summed E-state index contributed by atoms with van der Waals surface area (Å²) >= 11 is 0. The molecule has 1 saturated carbocycles. The first-order chi connectivity index (χ1) is 5.36. The first-order valence-corrected chi connectivity index (χ1v) is 3.94. The van der Waals surface area contributed by atoms with Crippen molar-refractivity contribution >= 4 is 5.95 Å². The largest absolute Gasteiger partial charge is 0.368 e. The Balaban J connectivity index is 2.23. The lowest BCUT2D eigenvalue weighted by Gasteiger charge is -2.24. The van der Waals surface area contributed by atoms with E-state index < -0.39 is 0 Å². The van der Waals surface area contributed by atoms with E-state index in [1.807, 2.05) is 6.07 Å². The Labute approximate surface area is 65.7 Å². The highest BCUT2D eigenvalue weighted by Crippen LogP contribution is 2.34. The van der Waals surface area contributed by atoms with Crippen LogP contribution in [0.2, 0.25) is 0 Å². The van der Waals surface area contributed by atoms with Gasteiger partial charge in [0.2, 0.25) is 5.95 Å². The van der Waals surface area contributed by atoms with E-state index >= 15 is 0 Å². The maximum Gasteiger partial charge on any atom is 0.220 e. The molecule has 2 rings (SSSR count). The summed E-state index contributed by atoms with van der Waals surface area (Å²) in [6.07, 6.45) is 5.58. The second-order valence-electron chi connectivity index (χ2n) is 2.97. The minimum Gasteiger partial charge on any atom is -0.368 e. The predicted octanol–water partition coefficient (Wildman–Crippen LogP) is 1.33. The van der Waals surface area contributed by atoms with Gasteiger partial charge in [-0.25, -0.2) is 9.97 Å². The summed E-state index contributed by atoms with van der Waals surface area (Å²) in [4.78, 5) is 8.01. The van der Waals surface area contributed by atoms with Gasteiger partial charge in [0.1, 0.15) is 0 Å². The van der Waals surface area contributed by atoms with E-state index in [9.17, 15) is 0 Å². The van der Waals surface area contributed by atoms with Crippen LogP contribution in [-0.2, 0) is 0 Å². The molecule has 0 saturated heterocycles. The Morgan fingerprint density at radius 2 is 2.27 bits per heavy atom. The van der Waals surface area contributed by atoms with Crippen LogP contribution in [0.3, 0.4) is 0 Å². The normalized spacial score (nSPS) is 17.8. The third-order valence-electron chi connectivity index (χ3n) is 2.22. The van der Waals surface area contributed by atoms with Crippen LogP contribution >= 0.6 is 0 Å². The quantitative estimate of drug-likeness (QED) is 0.655. The van der Waals surface area contributed by atoms with Crippen molar-refractivity contribution in [3.8, 4) is 0 Å². The van der Waals surface area contributed by atoms with Gasteiger partial charge in [0, 0.05) is 17.8 Å². The molecular formula is C8H11N3. The highest BCUT2D eigenvalue weighted by Gasteiger charge is 2.20. The van der Waals surface area contributed by atoms with Crippen LogP contribution in [-0.4, -0.2) is 9.97 Å². The van der Waals surface area contributed by atoms with Crippen molar-refractivity contribution in [3.05, 3.63) is 18.0 Å². The third-order valence-corrected chi connectivity index (χ3v) is 2.22. The summed E-state index contributed by atoms with van der Waals surface area (Å²) in [6, 6.07) is 1.96. The van der Waals surface area contributed by atoms with E-state index in [0.717, 1.165) is 5.69 Å². The van der Waals surface area contributed by atoms with Gasteiger partial charge in [-0.05, 0) is 18.9 Å². The molecular weight excluding hydrogens is 138 g/mol. The van der Waals surface area contributed by atoms with Crippen molar-refractivity contribution in [3.63, 3.8) is 0 Å². The van der Waals surface area contributed by atoms with Crippen LogP contribution in [0.4, 0.5) is 5.95 Å². The molecule has 1 aliphatic rings. The van der Waals surface area contributed by atoms with Gasteiger partial charge in [-0.1, -0.05) is 6.42 Å². The van der Waals surface area contributed by atoms with Gasteiger partial charge in [0.25, 0.3) is 0 Å². The second kappa shape index (κ2) is 2.49. The molecule has 58 valence electrons. The molecule has 2 N–H and O–H groups in total. The van der Waals surface area contributed by atoms with Crippen molar-refractivity contribution in [1.82, 2.24) is 9.97 Å². The maximum atomic E-state index is 5.45. The number of rotatable bonds is 1. The Morgan fingerprint density at radius 1 is 1.45 bits per heavy atom. The summed E-state index contributed by atoms with van der Waals surface area (Å²) in [6.45, 7) is 0. The number of hydrogen-bond donors (Lipinski definition) is 1. The fourth-order valence-corrected chi connectivity index (χ4v) is 1.32. The minimum atomic E-state index is 0.398. The topological polar surface area (TPSA) is 51.8 Å². The molecule has 3 nitrogen and oxygen atoms in total. The Kier molecular flexibility index (Phi) is 1.49. The zero-order valence-electron chi connectivity index (χ0n) is 6.33. The summed E-state index contributed by atoms with van der Waals surface area (Å²) < 4.78 is 0. The van der Waals surface area contributed by atoms with E-state index in [0.29, 0.717) is 11.9 Å². The standard InChI is InChI=1S/C8H11N3/c9-8-10-5-4-7(11-8)6-2-1-3-6/h4-6H,1-3H2,(H2,9,10,11). The van der Waals surface area contributed by atoms with Crippen LogP contribution in [0, 0.1) is 0 Å². The van der Waals surface area contributed by atoms with E-state index in [1.165, 1.54) is 19.3 Å². The average Bonchev–Trinajstić information content (AvgIpc) is 1.83. The van der Waals surface area contributed by atoms with Gasteiger partial charge in [-0.2, -0.15) is 0 Å². The number of nitrogen functional groups attached to an aromatic ring is 1. The fourth-order valence-electron chi connectivity index (χ4n) is 1.32. The van der Waals surface area contributed by atoms with Crippen LogP contribution < -0.4 is 5.73 Å². The molecule has 1 aliphatic carbocycles.